The summed E-state index contributed by atoms with van der Waals surface area (Å²) in [5, 5.41) is 9.86. The molecule has 8 heteroatoms. The molecule has 0 aliphatic carbocycles. The Morgan fingerprint density at radius 2 is 2.25 bits per heavy atom. The van der Waals surface area contributed by atoms with Crippen LogP contribution in [0.2, 0.25) is 5.02 Å². The van der Waals surface area contributed by atoms with Gasteiger partial charge in [-0.3, -0.25) is 14.7 Å². The number of H-pyrrole nitrogens is 1. The van der Waals surface area contributed by atoms with Crippen LogP contribution in [-0.4, -0.2) is 59.3 Å². The van der Waals surface area contributed by atoms with Crippen molar-refractivity contribution >= 4 is 23.4 Å². The maximum absolute atomic E-state index is 12.5. The Hall–Kier alpha value is -1.60. The molecule has 3 rings (SSSR count). The molecule has 2 amide bonds. The second-order valence-electron chi connectivity index (χ2n) is 5.16. The second-order valence-corrected chi connectivity index (χ2v) is 5.54. The van der Waals surface area contributed by atoms with Gasteiger partial charge in [-0.05, 0) is 6.92 Å². The van der Waals surface area contributed by atoms with E-state index in [9.17, 15) is 9.59 Å². The largest absolute Gasteiger partial charge is 0.378 e. The number of carbonyl (C=O) groups is 2. The van der Waals surface area contributed by atoms with E-state index in [4.69, 9.17) is 16.3 Å². The number of aryl methyl sites for hydroxylation is 1. The van der Waals surface area contributed by atoms with Crippen molar-refractivity contribution in [1.29, 1.82) is 0 Å². The minimum Gasteiger partial charge on any atom is -0.378 e. The maximum atomic E-state index is 12.5. The van der Waals surface area contributed by atoms with Gasteiger partial charge in [-0.2, -0.15) is 5.10 Å². The van der Waals surface area contributed by atoms with Crippen molar-refractivity contribution in [2.45, 2.75) is 13.0 Å². The van der Waals surface area contributed by atoms with E-state index >= 15 is 0 Å². The SMILES string of the molecule is Cc1[nH]nc(C(=O)N2C[C@H]3COC[C@@H](C2)C(=O)N3)c1Cl. The number of nitrogens with zero attached hydrogens (tertiary/aromatic N) is 2. The van der Waals surface area contributed by atoms with Crippen LogP contribution in [0.4, 0.5) is 0 Å². The van der Waals surface area contributed by atoms with E-state index < -0.39 is 0 Å². The fourth-order valence-corrected chi connectivity index (χ4v) is 2.67. The summed E-state index contributed by atoms with van der Waals surface area (Å²) in [6.45, 7) is 3.23. The standard InChI is InChI=1S/C12H15ClN4O3/c1-6-9(13)10(16-15-6)12(19)17-2-7-4-20-5-8(3-17)14-11(7)18/h7-8H,2-5H2,1H3,(H,14,18)(H,15,16)/t7-,8+/m1/s1. The van der Waals surface area contributed by atoms with Gasteiger partial charge in [0.25, 0.3) is 5.91 Å². The van der Waals surface area contributed by atoms with Crippen LogP contribution in [0.15, 0.2) is 0 Å². The molecule has 0 radical (unpaired) electrons. The number of aromatic amines is 1. The first-order chi connectivity index (χ1) is 9.56. The number of ether oxygens (including phenoxy) is 1. The van der Waals surface area contributed by atoms with E-state index in [-0.39, 0.29) is 29.5 Å². The second kappa shape index (κ2) is 5.06. The van der Waals surface area contributed by atoms with Gasteiger partial charge in [0.05, 0.1) is 35.9 Å². The lowest BCUT2D eigenvalue weighted by Crippen LogP contribution is -2.44. The van der Waals surface area contributed by atoms with Crippen molar-refractivity contribution in [3.8, 4) is 0 Å². The van der Waals surface area contributed by atoms with Gasteiger partial charge in [0, 0.05) is 13.1 Å². The van der Waals surface area contributed by atoms with Crippen LogP contribution in [0.5, 0.6) is 0 Å². The molecule has 20 heavy (non-hydrogen) atoms. The van der Waals surface area contributed by atoms with Crippen molar-refractivity contribution in [3.05, 3.63) is 16.4 Å². The summed E-state index contributed by atoms with van der Waals surface area (Å²) in [4.78, 5) is 26.0. The van der Waals surface area contributed by atoms with E-state index in [1.807, 2.05) is 0 Å². The van der Waals surface area contributed by atoms with Gasteiger partial charge in [0.2, 0.25) is 5.91 Å². The Labute approximate surface area is 120 Å². The Balaban J connectivity index is 1.85. The highest BCUT2D eigenvalue weighted by Gasteiger charge is 2.36. The van der Waals surface area contributed by atoms with Gasteiger partial charge in [0.15, 0.2) is 5.69 Å². The van der Waals surface area contributed by atoms with Crippen LogP contribution in [0.25, 0.3) is 0 Å². The van der Waals surface area contributed by atoms with Crippen LogP contribution in [0.3, 0.4) is 0 Å². The molecule has 2 saturated heterocycles. The average Bonchev–Trinajstić information content (AvgIpc) is 2.57. The number of nitrogens with one attached hydrogen (secondary N) is 2. The van der Waals surface area contributed by atoms with Gasteiger partial charge >= 0.3 is 0 Å². The molecule has 2 N–H and O–H groups in total. The monoisotopic (exact) mass is 298 g/mol. The lowest BCUT2D eigenvalue weighted by Gasteiger charge is -2.27. The smallest absolute Gasteiger partial charge is 0.276 e. The maximum Gasteiger partial charge on any atom is 0.276 e. The Bertz CT molecular complexity index is 559. The number of halogens is 1. The molecule has 2 aliphatic rings. The van der Waals surface area contributed by atoms with Gasteiger partial charge in [-0.1, -0.05) is 11.6 Å². The Morgan fingerprint density at radius 1 is 1.45 bits per heavy atom. The van der Waals surface area contributed by atoms with Gasteiger partial charge in [0.1, 0.15) is 0 Å². The summed E-state index contributed by atoms with van der Waals surface area (Å²) in [5.74, 6) is -0.662. The Kier molecular flexibility index (Phi) is 3.39. The van der Waals surface area contributed by atoms with Crippen molar-refractivity contribution in [2.75, 3.05) is 26.3 Å². The van der Waals surface area contributed by atoms with Crippen LogP contribution in [0, 0.1) is 12.8 Å². The molecule has 3 heterocycles. The molecular formula is C12H15ClN4O3. The molecule has 2 fully saturated rings. The zero-order valence-corrected chi connectivity index (χ0v) is 11.7. The van der Waals surface area contributed by atoms with E-state index in [1.165, 1.54) is 0 Å². The third-order valence-corrected chi connectivity index (χ3v) is 4.06. The predicted octanol–water partition coefficient (Wildman–Crippen LogP) is -0.0415. The number of carbonyl (C=O) groups excluding carboxylic acids is 2. The summed E-state index contributed by atoms with van der Waals surface area (Å²) in [5.41, 5.74) is 0.861. The van der Waals surface area contributed by atoms with Gasteiger partial charge in [-0.25, -0.2) is 0 Å². The minimum atomic E-state index is -0.342. The molecule has 2 atom stereocenters. The molecule has 7 nitrogen and oxygen atoms in total. The molecule has 0 aromatic carbocycles. The van der Waals surface area contributed by atoms with Crippen LogP contribution < -0.4 is 5.32 Å². The summed E-state index contributed by atoms with van der Waals surface area (Å²) in [6.07, 6.45) is 0. The minimum absolute atomic E-state index is 0.0629. The van der Waals surface area contributed by atoms with Gasteiger partial charge < -0.3 is 15.0 Å². The first kappa shape index (κ1) is 13.4. The zero-order chi connectivity index (χ0) is 14.3. The summed E-state index contributed by atoms with van der Waals surface area (Å²) in [7, 11) is 0. The summed E-state index contributed by atoms with van der Waals surface area (Å²) in [6, 6.07) is -0.183. The first-order valence-electron chi connectivity index (χ1n) is 6.44. The summed E-state index contributed by atoms with van der Waals surface area (Å²) >= 11 is 6.06. The van der Waals surface area contributed by atoms with Crippen molar-refractivity contribution in [1.82, 2.24) is 20.4 Å². The number of hydrogen-bond donors (Lipinski definition) is 2. The third kappa shape index (κ3) is 2.27. The fourth-order valence-electron chi connectivity index (χ4n) is 2.50. The quantitative estimate of drug-likeness (QED) is 0.761. The van der Waals surface area contributed by atoms with E-state index in [0.717, 1.165) is 0 Å². The molecule has 0 unspecified atom stereocenters. The number of aromatic nitrogens is 2. The number of rotatable bonds is 1. The van der Waals surface area contributed by atoms with Crippen molar-refractivity contribution in [3.63, 3.8) is 0 Å². The number of amides is 2. The summed E-state index contributed by atoms with van der Waals surface area (Å²) < 4.78 is 5.42. The zero-order valence-electron chi connectivity index (χ0n) is 11.0. The van der Waals surface area contributed by atoms with Gasteiger partial charge in [-0.15, -0.1) is 0 Å². The van der Waals surface area contributed by atoms with Crippen molar-refractivity contribution < 1.29 is 14.3 Å². The predicted molar refractivity (Wildman–Crippen MR) is 70.5 cm³/mol. The van der Waals surface area contributed by atoms with Crippen LogP contribution in [-0.2, 0) is 9.53 Å². The molecule has 0 spiro atoms. The number of hydrogen-bond acceptors (Lipinski definition) is 4. The van der Waals surface area contributed by atoms with Crippen molar-refractivity contribution in [2.24, 2.45) is 5.92 Å². The molecular weight excluding hydrogens is 284 g/mol. The first-order valence-corrected chi connectivity index (χ1v) is 6.82. The highest BCUT2D eigenvalue weighted by Crippen LogP contribution is 2.21. The normalized spacial score (nSPS) is 26.1. The molecule has 1 aromatic rings. The highest BCUT2D eigenvalue weighted by molar-refractivity contribution is 6.34. The Morgan fingerprint density at radius 3 is 2.95 bits per heavy atom. The molecule has 2 bridgehead atoms. The van der Waals surface area contributed by atoms with E-state index in [2.05, 4.69) is 15.5 Å². The number of fused-ring (bicyclic) bond motifs is 3. The van der Waals surface area contributed by atoms with Crippen LogP contribution >= 0.6 is 11.6 Å². The lowest BCUT2D eigenvalue weighted by atomic mass is 10.1. The molecule has 108 valence electrons. The highest BCUT2D eigenvalue weighted by atomic mass is 35.5. The van der Waals surface area contributed by atoms with E-state index in [0.29, 0.717) is 37.0 Å². The molecule has 2 aliphatic heterocycles. The third-order valence-electron chi connectivity index (χ3n) is 3.60. The average molecular weight is 299 g/mol. The molecule has 0 saturated carbocycles. The lowest BCUT2D eigenvalue weighted by molar-refractivity contribution is -0.125. The topological polar surface area (TPSA) is 87.3 Å². The van der Waals surface area contributed by atoms with Crippen LogP contribution in [0.1, 0.15) is 16.2 Å². The van der Waals surface area contributed by atoms with E-state index in [1.54, 1.807) is 11.8 Å². The fraction of sp³-hybridized carbons (Fsp3) is 0.583. The molecule has 1 aromatic heterocycles.